The number of hydrogen-bond donors (Lipinski definition) is 2. The molecule has 0 unspecified atom stereocenters. The molecule has 0 bridgehead atoms. The van der Waals surface area contributed by atoms with Crippen molar-refractivity contribution in [2.24, 2.45) is 5.92 Å². The zero-order chi connectivity index (χ0) is 15.2. The van der Waals surface area contributed by atoms with Crippen LogP contribution in [0.1, 0.15) is 18.4 Å². The van der Waals surface area contributed by atoms with Crippen molar-refractivity contribution in [3.8, 4) is 0 Å². The Kier molecular flexibility index (Phi) is 8.74. The summed E-state index contributed by atoms with van der Waals surface area (Å²) in [6, 6.07) is 5.82. The van der Waals surface area contributed by atoms with Gasteiger partial charge in [0.15, 0.2) is 5.82 Å². The van der Waals surface area contributed by atoms with Crippen LogP contribution < -0.4 is 10.6 Å². The van der Waals surface area contributed by atoms with Crippen molar-refractivity contribution in [3.05, 3.63) is 42.4 Å². The second kappa shape index (κ2) is 10.3. The largest absolute Gasteiger partial charge is 0.308 e. The molecule has 0 atom stereocenters. The van der Waals surface area contributed by atoms with Crippen molar-refractivity contribution in [1.82, 2.24) is 20.1 Å². The summed E-state index contributed by atoms with van der Waals surface area (Å²) in [6.45, 7) is 2.06. The lowest BCUT2D eigenvalue weighted by Gasteiger charge is -2.04. The normalized spacial score (nSPS) is 12.8. The van der Waals surface area contributed by atoms with E-state index in [4.69, 9.17) is 0 Å². The molecule has 132 valence electrons. The predicted octanol–water partition coefficient (Wildman–Crippen LogP) is 2.30. The third-order valence-electron chi connectivity index (χ3n) is 3.70. The van der Waals surface area contributed by atoms with Gasteiger partial charge in [-0.25, -0.2) is 0 Å². The molecule has 2 N–H and O–H groups in total. The van der Waals surface area contributed by atoms with Gasteiger partial charge in [0.25, 0.3) is 0 Å². The van der Waals surface area contributed by atoms with Crippen LogP contribution in [0.15, 0.2) is 36.8 Å². The third kappa shape index (κ3) is 6.86. The number of nitrogens with zero attached hydrogens (tertiary/aromatic N) is 3. The summed E-state index contributed by atoms with van der Waals surface area (Å²) in [6.07, 6.45) is 8.93. The minimum absolute atomic E-state index is 0. The molecule has 0 radical (unpaired) electrons. The van der Waals surface area contributed by atoms with Crippen molar-refractivity contribution in [2.45, 2.75) is 25.8 Å². The van der Waals surface area contributed by atoms with Gasteiger partial charge in [0, 0.05) is 31.2 Å². The average Bonchev–Trinajstić information content (AvgIpc) is 3.25. The van der Waals surface area contributed by atoms with E-state index in [1.807, 2.05) is 29.1 Å². The fourth-order valence-electron chi connectivity index (χ4n) is 2.24. The molecular formula is C16H23Cl2N5O. The number of halogens is 2. The number of carbonyl (C=O) groups is 1. The van der Waals surface area contributed by atoms with Gasteiger partial charge in [0.2, 0.25) is 5.91 Å². The Bertz CT molecular complexity index is 616. The van der Waals surface area contributed by atoms with E-state index in [1.165, 1.54) is 18.4 Å². The fourth-order valence-corrected chi connectivity index (χ4v) is 2.24. The molecular weight excluding hydrogens is 349 g/mol. The maximum absolute atomic E-state index is 11.8. The topological polar surface area (TPSA) is 71.8 Å². The second-order valence-corrected chi connectivity index (χ2v) is 5.69. The van der Waals surface area contributed by atoms with E-state index in [0.717, 1.165) is 25.4 Å². The summed E-state index contributed by atoms with van der Waals surface area (Å²) < 4.78 is 1.84. The Balaban J connectivity index is 0.00000144. The Morgan fingerprint density at radius 2 is 1.96 bits per heavy atom. The Morgan fingerprint density at radius 1 is 1.21 bits per heavy atom. The van der Waals surface area contributed by atoms with Crippen LogP contribution in [0.4, 0.5) is 5.82 Å². The Labute approximate surface area is 154 Å². The van der Waals surface area contributed by atoms with Gasteiger partial charge >= 0.3 is 0 Å². The summed E-state index contributed by atoms with van der Waals surface area (Å²) in [5, 5.41) is 10.3. The average molecular weight is 372 g/mol. The zero-order valence-electron chi connectivity index (χ0n) is 13.4. The lowest BCUT2D eigenvalue weighted by molar-refractivity contribution is -0.115. The van der Waals surface area contributed by atoms with Crippen molar-refractivity contribution < 1.29 is 4.79 Å². The molecule has 3 rings (SSSR count). The molecule has 2 heterocycles. The van der Waals surface area contributed by atoms with Gasteiger partial charge in [-0.2, -0.15) is 5.10 Å². The number of nitrogens with one attached hydrogen (secondary N) is 2. The van der Waals surface area contributed by atoms with Gasteiger partial charge in [-0.1, -0.05) is 0 Å². The number of anilines is 1. The second-order valence-electron chi connectivity index (χ2n) is 5.69. The van der Waals surface area contributed by atoms with E-state index < -0.39 is 0 Å². The van der Waals surface area contributed by atoms with Crippen LogP contribution in [-0.2, 0) is 17.8 Å². The monoisotopic (exact) mass is 371 g/mol. The smallest absolute Gasteiger partial charge is 0.239 e. The highest BCUT2D eigenvalue weighted by Gasteiger charge is 2.20. The third-order valence-corrected chi connectivity index (χ3v) is 3.70. The molecule has 2 aromatic rings. The summed E-state index contributed by atoms with van der Waals surface area (Å²) in [4.78, 5) is 15.8. The van der Waals surface area contributed by atoms with Crippen molar-refractivity contribution >= 4 is 36.5 Å². The number of aryl methyl sites for hydroxylation is 2. The summed E-state index contributed by atoms with van der Waals surface area (Å²) in [5.41, 5.74) is 1.22. The highest BCUT2D eigenvalue weighted by Crippen LogP contribution is 2.27. The van der Waals surface area contributed by atoms with Crippen LogP contribution in [0.2, 0.25) is 0 Å². The van der Waals surface area contributed by atoms with Crippen LogP contribution in [-0.4, -0.2) is 33.8 Å². The SMILES string of the molecule is Cl.Cl.O=C(CNCC1CC1)Nc1ccn(CCc2ccncc2)n1. The molecule has 0 aliphatic heterocycles. The summed E-state index contributed by atoms with van der Waals surface area (Å²) in [5.74, 6) is 1.34. The van der Waals surface area contributed by atoms with E-state index in [9.17, 15) is 4.79 Å². The van der Waals surface area contributed by atoms with Gasteiger partial charge in [-0.05, 0) is 49.4 Å². The van der Waals surface area contributed by atoms with E-state index >= 15 is 0 Å². The molecule has 1 aliphatic rings. The fraction of sp³-hybridized carbons (Fsp3) is 0.438. The first-order valence-corrected chi connectivity index (χ1v) is 7.72. The molecule has 1 fully saturated rings. The molecule has 24 heavy (non-hydrogen) atoms. The maximum atomic E-state index is 11.8. The number of hydrogen-bond acceptors (Lipinski definition) is 4. The number of pyridine rings is 1. The Hall–Kier alpha value is -1.63. The Morgan fingerprint density at radius 3 is 2.67 bits per heavy atom. The summed E-state index contributed by atoms with van der Waals surface area (Å²) >= 11 is 0. The van der Waals surface area contributed by atoms with Gasteiger partial charge in [-0.15, -0.1) is 24.8 Å². The molecule has 1 amide bonds. The molecule has 2 aromatic heterocycles. The number of rotatable bonds is 8. The number of carbonyl (C=O) groups excluding carboxylic acids is 1. The highest BCUT2D eigenvalue weighted by atomic mass is 35.5. The van der Waals surface area contributed by atoms with Gasteiger partial charge in [0.1, 0.15) is 0 Å². The van der Waals surface area contributed by atoms with E-state index in [-0.39, 0.29) is 30.7 Å². The van der Waals surface area contributed by atoms with E-state index in [1.54, 1.807) is 12.4 Å². The van der Waals surface area contributed by atoms with Gasteiger partial charge in [0.05, 0.1) is 6.54 Å². The number of amides is 1. The summed E-state index contributed by atoms with van der Waals surface area (Å²) in [7, 11) is 0. The molecule has 1 aliphatic carbocycles. The van der Waals surface area contributed by atoms with Crippen LogP contribution in [0.5, 0.6) is 0 Å². The zero-order valence-corrected chi connectivity index (χ0v) is 15.0. The maximum Gasteiger partial charge on any atom is 0.239 e. The molecule has 0 aromatic carbocycles. The van der Waals surface area contributed by atoms with Crippen LogP contribution >= 0.6 is 24.8 Å². The minimum Gasteiger partial charge on any atom is -0.308 e. The minimum atomic E-state index is -0.0416. The number of aromatic nitrogens is 3. The van der Waals surface area contributed by atoms with Crippen molar-refractivity contribution in [3.63, 3.8) is 0 Å². The van der Waals surface area contributed by atoms with Crippen LogP contribution in [0, 0.1) is 5.92 Å². The molecule has 0 saturated heterocycles. The first-order valence-electron chi connectivity index (χ1n) is 7.72. The molecule has 6 nitrogen and oxygen atoms in total. The molecule has 8 heteroatoms. The molecule has 0 spiro atoms. The lowest BCUT2D eigenvalue weighted by Crippen LogP contribution is -2.29. The van der Waals surface area contributed by atoms with Crippen molar-refractivity contribution in [1.29, 1.82) is 0 Å². The standard InChI is InChI=1S/C16H21N5O.2ClH/c22-16(12-18-11-14-1-2-14)19-15-6-10-21(20-15)9-5-13-3-7-17-8-4-13;;/h3-4,6-8,10,14,18H,1-2,5,9,11-12H2,(H,19,20,22);2*1H. The van der Waals surface area contributed by atoms with Gasteiger partial charge in [-0.3, -0.25) is 14.5 Å². The highest BCUT2D eigenvalue weighted by molar-refractivity contribution is 5.91. The van der Waals surface area contributed by atoms with Crippen LogP contribution in [0.3, 0.4) is 0 Å². The molecule has 1 saturated carbocycles. The quantitative estimate of drug-likeness (QED) is 0.746. The van der Waals surface area contributed by atoms with Crippen LogP contribution in [0.25, 0.3) is 0 Å². The van der Waals surface area contributed by atoms with Gasteiger partial charge < -0.3 is 10.6 Å². The van der Waals surface area contributed by atoms with E-state index in [2.05, 4.69) is 20.7 Å². The first-order chi connectivity index (χ1) is 10.8. The van der Waals surface area contributed by atoms with Crippen molar-refractivity contribution in [2.75, 3.05) is 18.4 Å². The lowest BCUT2D eigenvalue weighted by atomic mass is 10.2. The van der Waals surface area contributed by atoms with E-state index in [0.29, 0.717) is 12.4 Å². The first kappa shape index (κ1) is 20.4. The predicted molar refractivity (Wildman–Crippen MR) is 98.9 cm³/mol.